The van der Waals surface area contributed by atoms with Crippen molar-refractivity contribution in [3.63, 3.8) is 0 Å². The molecule has 15 rings (SSSR count). The molecule has 326 valence electrons. The molecule has 0 amide bonds. The lowest BCUT2D eigenvalue weighted by molar-refractivity contribution is 0.768. The zero-order valence-corrected chi connectivity index (χ0v) is 39.0. The van der Waals surface area contributed by atoms with E-state index in [4.69, 9.17) is 0 Å². The number of hydrogen-bond acceptors (Lipinski definition) is 2. The number of benzene rings is 11. The quantitative estimate of drug-likeness (QED) is 0.161. The lowest BCUT2D eigenvalue weighted by Crippen LogP contribution is -2.28. The molecule has 0 saturated heterocycles. The van der Waals surface area contributed by atoms with Crippen molar-refractivity contribution in [2.75, 3.05) is 4.90 Å². The second-order valence-electron chi connectivity index (χ2n) is 19.0. The SMILES string of the molecule is c1ccc(C2(c3ccccc3)c3ccccc3-c3ccc(N(c4ccc(-c5ccc6sc7ccccc7c6c5)cc4)c4cccc5c4-c4ccccc4C54c5ccccc5-c5ccccc54)cc32)cc1. The zero-order chi connectivity index (χ0) is 46.0. The van der Waals surface area contributed by atoms with Gasteiger partial charge in [0.2, 0.25) is 0 Å². The number of nitrogens with zero attached hydrogens (tertiary/aromatic N) is 1. The molecule has 3 aliphatic rings. The smallest absolute Gasteiger partial charge is 0.0726 e. The molecule has 1 spiro atoms. The molecule has 0 saturated carbocycles. The van der Waals surface area contributed by atoms with E-state index in [1.165, 1.54) is 109 Å². The van der Waals surface area contributed by atoms with Gasteiger partial charge in [0.05, 0.1) is 16.5 Å². The molecular formula is C68H43NS. The van der Waals surface area contributed by atoms with Crippen LogP contribution in [0, 0.1) is 0 Å². The first-order valence-corrected chi connectivity index (χ1v) is 25.1. The van der Waals surface area contributed by atoms with Crippen molar-refractivity contribution >= 4 is 48.6 Å². The average molecular weight is 906 g/mol. The molecule has 0 N–H and O–H groups in total. The van der Waals surface area contributed by atoms with Crippen LogP contribution in [-0.2, 0) is 10.8 Å². The first-order chi connectivity index (χ1) is 34.7. The molecule has 12 aromatic rings. The van der Waals surface area contributed by atoms with Crippen molar-refractivity contribution in [2.45, 2.75) is 10.8 Å². The maximum absolute atomic E-state index is 2.55. The van der Waals surface area contributed by atoms with Gasteiger partial charge in [0.25, 0.3) is 0 Å². The summed E-state index contributed by atoms with van der Waals surface area (Å²) in [6.07, 6.45) is 0. The highest BCUT2D eigenvalue weighted by Gasteiger charge is 2.52. The predicted octanol–water partition coefficient (Wildman–Crippen LogP) is 17.9. The van der Waals surface area contributed by atoms with Gasteiger partial charge in [0.1, 0.15) is 0 Å². The third-order valence-corrected chi connectivity index (χ3v) is 16.9. The van der Waals surface area contributed by atoms with Gasteiger partial charge < -0.3 is 4.90 Å². The van der Waals surface area contributed by atoms with Crippen LogP contribution in [0.4, 0.5) is 17.1 Å². The first kappa shape index (κ1) is 39.4. The van der Waals surface area contributed by atoms with Crippen molar-refractivity contribution < 1.29 is 0 Å². The summed E-state index contributed by atoms with van der Waals surface area (Å²) < 4.78 is 2.64. The van der Waals surface area contributed by atoms with Gasteiger partial charge >= 0.3 is 0 Å². The molecule has 2 heteroatoms. The average Bonchev–Trinajstić information content (AvgIpc) is 4.15. The van der Waals surface area contributed by atoms with Crippen LogP contribution in [0.2, 0.25) is 0 Å². The Morgan fingerprint density at radius 1 is 0.286 bits per heavy atom. The van der Waals surface area contributed by atoms with E-state index in [1.54, 1.807) is 0 Å². The van der Waals surface area contributed by atoms with Crippen molar-refractivity contribution in [1.29, 1.82) is 0 Å². The van der Waals surface area contributed by atoms with Gasteiger partial charge in [-0.1, -0.05) is 212 Å². The Kier molecular flexibility index (Phi) is 8.43. The molecule has 11 aromatic carbocycles. The molecule has 0 bridgehead atoms. The molecule has 1 heterocycles. The Labute approximate surface area is 411 Å². The van der Waals surface area contributed by atoms with E-state index in [9.17, 15) is 0 Å². The Bertz CT molecular complexity index is 3980. The minimum atomic E-state index is -0.545. The molecule has 0 radical (unpaired) electrons. The molecular weight excluding hydrogens is 863 g/mol. The van der Waals surface area contributed by atoms with Gasteiger partial charge in [-0.05, 0) is 132 Å². The monoisotopic (exact) mass is 905 g/mol. The van der Waals surface area contributed by atoms with E-state index >= 15 is 0 Å². The van der Waals surface area contributed by atoms with Crippen LogP contribution in [0.15, 0.2) is 261 Å². The van der Waals surface area contributed by atoms with Gasteiger partial charge in [0, 0.05) is 37.1 Å². The van der Waals surface area contributed by atoms with Crippen molar-refractivity contribution in [3.05, 3.63) is 305 Å². The molecule has 0 unspecified atom stereocenters. The summed E-state index contributed by atoms with van der Waals surface area (Å²) in [5, 5.41) is 2.63. The van der Waals surface area contributed by atoms with Crippen LogP contribution in [-0.4, -0.2) is 0 Å². The Morgan fingerprint density at radius 2 is 0.771 bits per heavy atom. The van der Waals surface area contributed by atoms with E-state index in [2.05, 4.69) is 266 Å². The van der Waals surface area contributed by atoms with Crippen molar-refractivity contribution in [3.8, 4) is 44.5 Å². The van der Waals surface area contributed by atoms with Crippen LogP contribution >= 0.6 is 11.3 Å². The highest BCUT2D eigenvalue weighted by atomic mass is 32.1. The molecule has 70 heavy (non-hydrogen) atoms. The second-order valence-corrected chi connectivity index (χ2v) is 20.1. The Morgan fingerprint density at radius 3 is 1.43 bits per heavy atom. The molecule has 1 aromatic heterocycles. The van der Waals surface area contributed by atoms with Crippen molar-refractivity contribution in [1.82, 2.24) is 0 Å². The largest absolute Gasteiger partial charge is 0.310 e. The standard InChI is InChI=1S/C68H43NS/c1-3-18-46(19-4-1)67(47-20-5-2-6-21-47)57-27-12-7-24-52(57)53-40-39-49(43-62(53)67)69(48-37-34-44(35-38-48)45-36-41-65-56(42-45)54-25-11-16-33-64(54)70-65)63-32-17-31-61-66(63)55-26-10-15-30-60(55)68(61)58-28-13-8-22-50(58)51-23-9-14-29-59(51)68/h1-43H. The molecule has 0 fully saturated rings. The van der Waals surface area contributed by atoms with Gasteiger partial charge in [-0.3, -0.25) is 0 Å². The van der Waals surface area contributed by atoms with E-state index in [1.807, 2.05) is 11.3 Å². The molecule has 3 aliphatic carbocycles. The topological polar surface area (TPSA) is 3.24 Å². The fourth-order valence-corrected chi connectivity index (χ4v) is 14.1. The number of hydrogen-bond donors (Lipinski definition) is 0. The van der Waals surface area contributed by atoms with Gasteiger partial charge in [-0.25, -0.2) is 0 Å². The number of thiophene rings is 1. The summed E-state index contributed by atoms with van der Waals surface area (Å²) in [5.74, 6) is 0. The van der Waals surface area contributed by atoms with Crippen LogP contribution in [0.5, 0.6) is 0 Å². The fourth-order valence-electron chi connectivity index (χ4n) is 13.0. The van der Waals surface area contributed by atoms with Gasteiger partial charge in [-0.2, -0.15) is 0 Å². The number of anilines is 3. The van der Waals surface area contributed by atoms with E-state index in [0.29, 0.717) is 0 Å². The highest BCUT2D eigenvalue weighted by molar-refractivity contribution is 7.25. The third-order valence-electron chi connectivity index (χ3n) is 15.8. The van der Waals surface area contributed by atoms with Crippen LogP contribution in [0.3, 0.4) is 0 Å². The summed E-state index contributed by atoms with van der Waals surface area (Å²) in [6.45, 7) is 0. The maximum Gasteiger partial charge on any atom is 0.0726 e. The van der Waals surface area contributed by atoms with Crippen LogP contribution in [0.1, 0.15) is 44.5 Å². The lowest BCUT2D eigenvalue weighted by atomic mass is 9.67. The Hall–Kier alpha value is -8.56. The summed E-state index contributed by atoms with van der Waals surface area (Å²) >= 11 is 1.87. The minimum Gasteiger partial charge on any atom is -0.310 e. The number of rotatable bonds is 6. The summed E-state index contributed by atoms with van der Waals surface area (Å²) in [7, 11) is 0. The fraction of sp³-hybridized carbons (Fsp3) is 0.0294. The Balaban J connectivity index is 0.992. The van der Waals surface area contributed by atoms with E-state index in [-0.39, 0.29) is 0 Å². The normalized spacial score (nSPS) is 13.9. The van der Waals surface area contributed by atoms with E-state index in [0.717, 1.165) is 17.1 Å². The zero-order valence-electron chi connectivity index (χ0n) is 38.2. The summed E-state index contributed by atoms with van der Waals surface area (Å²) in [6, 6.07) is 98.1. The molecule has 0 atom stereocenters. The lowest BCUT2D eigenvalue weighted by Gasteiger charge is -2.35. The predicted molar refractivity (Wildman–Crippen MR) is 293 cm³/mol. The van der Waals surface area contributed by atoms with Crippen LogP contribution in [0.25, 0.3) is 64.7 Å². The van der Waals surface area contributed by atoms with E-state index < -0.39 is 10.8 Å². The minimum absolute atomic E-state index is 0.468. The van der Waals surface area contributed by atoms with Gasteiger partial charge in [0.15, 0.2) is 0 Å². The maximum atomic E-state index is 2.55. The molecule has 0 aliphatic heterocycles. The van der Waals surface area contributed by atoms with Crippen LogP contribution < -0.4 is 4.90 Å². The highest BCUT2D eigenvalue weighted by Crippen LogP contribution is 2.65. The van der Waals surface area contributed by atoms with Crippen molar-refractivity contribution in [2.24, 2.45) is 0 Å². The second kappa shape index (κ2) is 15.0. The third kappa shape index (κ3) is 5.26. The summed E-state index contributed by atoms with van der Waals surface area (Å²) in [5.41, 5.74) is 22.9. The summed E-state index contributed by atoms with van der Waals surface area (Å²) in [4.78, 5) is 2.55. The molecule has 1 nitrogen and oxygen atoms in total. The van der Waals surface area contributed by atoms with Gasteiger partial charge in [-0.15, -0.1) is 11.3 Å². The first-order valence-electron chi connectivity index (χ1n) is 24.3. The number of fused-ring (bicyclic) bond motifs is 16.